The van der Waals surface area contributed by atoms with Crippen molar-refractivity contribution >= 4 is 15.6 Å². The molecule has 1 atom stereocenters. The van der Waals surface area contributed by atoms with Crippen LogP contribution < -0.4 is 10.1 Å². The zero-order valence-corrected chi connectivity index (χ0v) is 19.3. The number of unbranched alkanes of at least 4 members (excludes halogenated alkanes) is 2. The Morgan fingerprint density at radius 2 is 1.97 bits per heavy atom. The molecule has 170 valence electrons. The zero-order valence-electron chi connectivity index (χ0n) is 18.5. The molecule has 30 heavy (non-hydrogen) atoms. The second-order valence-electron chi connectivity index (χ2n) is 8.85. The van der Waals surface area contributed by atoms with Gasteiger partial charge in [-0.25, -0.2) is 12.8 Å². The Bertz CT molecular complexity index is 790. The highest BCUT2D eigenvalue weighted by molar-refractivity contribution is 7.91. The van der Waals surface area contributed by atoms with Crippen molar-refractivity contribution in [1.82, 2.24) is 5.32 Å². The van der Waals surface area contributed by atoms with Crippen LogP contribution in [0.3, 0.4) is 0 Å². The first-order valence-electron chi connectivity index (χ1n) is 11.0. The van der Waals surface area contributed by atoms with Gasteiger partial charge < -0.3 is 10.1 Å². The minimum atomic E-state index is -3.23. The van der Waals surface area contributed by atoms with Crippen molar-refractivity contribution in [2.45, 2.75) is 58.8 Å². The van der Waals surface area contributed by atoms with E-state index in [1.807, 2.05) is 13.8 Å². The van der Waals surface area contributed by atoms with Gasteiger partial charge in [0.05, 0.1) is 24.7 Å². The molecule has 0 radical (unpaired) electrons. The van der Waals surface area contributed by atoms with Crippen molar-refractivity contribution in [3.63, 3.8) is 0 Å². The maximum absolute atomic E-state index is 14.1. The maximum atomic E-state index is 14.1. The van der Waals surface area contributed by atoms with Crippen molar-refractivity contribution in [2.75, 3.05) is 31.2 Å². The van der Waals surface area contributed by atoms with Gasteiger partial charge in [0.15, 0.2) is 21.4 Å². The molecule has 0 saturated heterocycles. The second-order valence-corrected chi connectivity index (χ2v) is 11.1. The average molecular weight is 442 g/mol. The molecular formula is C23H36FNO4S. The first-order chi connectivity index (χ1) is 14.2. The van der Waals surface area contributed by atoms with Gasteiger partial charge in [-0.1, -0.05) is 26.3 Å². The topological polar surface area (TPSA) is 72.5 Å². The molecule has 1 unspecified atom stereocenters. The molecule has 1 N–H and O–H groups in total. The van der Waals surface area contributed by atoms with E-state index in [9.17, 15) is 17.6 Å². The first kappa shape index (κ1) is 24.8. The average Bonchev–Trinajstić information content (AvgIpc) is 3.49. The number of rotatable bonds is 15. The van der Waals surface area contributed by atoms with Crippen LogP contribution in [0.1, 0.15) is 64.4 Å². The van der Waals surface area contributed by atoms with Gasteiger partial charge in [-0.05, 0) is 68.7 Å². The summed E-state index contributed by atoms with van der Waals surface area (Å²) in [5.74, 6) is 0.555. The van der Waals surface area contributed by atoms with Crippen LogP contribution in [0.15, 0.2) is 18.2 Å². The highest BCUT2D eigenvalue weighted by Crippen LogP contribution is 2.33. The molecule has 0 heterocycles. The van der Waals surface area contributed by atoms with Gasteiger partial charge in [-0.15, -0.1) is 0 Å². The number of carbonyl (C=O) groups excluding carboxylic acids is 1. The summed E-state index contributed by atoms with van der Waals surface area (Å²) in [6, 6.07) is 4.74. The molecule has 7 heteroatoms. The predicted molar refractivity (Wildman–Crippen MR) is 118 cm³/mol. The number of nitrogens with one attached hydrogen (secondary N) is 1. The number of carbonyl (C=O) groups is 1. The molecule has 0 spiro atoms. The normalized spacial score (nSPS) is 15.4. The number of ether oxygens (including phenoxy) is 1. The summed E-state index contributed by atoms with van der Waals surface area (Å²) in [5.41, 5.74) is 0.814. The summed E-state index contributed by atoms with van der Waals surface area (Å²) >= 11 is 0. The Hall–Kier alpha value is -1.47. The molecule has 1 aliphatic rings. The van der Waals surface area contributed by atoms with Gasteiger partial charge in [0.1, 0.15) is 5.78 Å². The van der Waals surface area contributed by atoms with Crippen molar-refractivity contribution in [1.29, 1.82) is 0 Å². The van der Waals surface area contributed by atoms with Crippen LogP contribution in [0.4, 0.5) is 4.39 Å². The predicted octanol–water partition coefficient (Wildman–Crippen LogP) is 4.12. The van der Waals surface area contributed by atoms with E-state index in [0.29, 0.717) is 32.0 Å². The van der Waals surface area contributed by atoms with Crippen LogP contribution >= 0.6 is 0 Å². The molecule has 0 bridgehead atoms. The summed E-state index contributed by atoms with van der Waals surface area (Å²) in [6.07, 6.45) is 4.50. The third-order valence-electron chi connectivity index (χ3n) is 5.48. The fraction of sp³-hybridized carbons (Fsp3) is 0.696. The van der Waals surface area contributed by atoms with E-state index in [1.165, 1.54) is 13.0 Å². The summed E-state index contributed by atoms with van der Waals surface area (Å²) in [5, 5.41) is 3.04. The van der Waals surface area contributed by atoms with Crippen LogP contribution in [0, 0.1) is 17.7 Å². The summed E-state index contributed by atoms with van der Waals surface area (Å²) in [6.45, 7) is 7.12. The lowest BCUT2D eigenvalue weighted by Crippen LogP contribution is -2.23. The number of hydrogen-bond acceptors (Lipinski definition) is 5. The van der Waals surface area contributed by atoms with E-state index in [0.717, 1.165) is 31.2 Å². The van der Waals surface area contributed by atoms with Crippen molar-refractivity contribution in [3.8, 4) is 5.75 Å². The molecule has 1 fully saturated rings. The fourth-order valence-corrected chi connectivity index (χ4v) is 5.33. The van der Waals surface area contributed by atoms with Gasteiger partial charge in [0.2, 0.25) is 0 Å². The third kappa shape index (κ3) is 9.13. The van der Waals surface area contributed by atoms with E-state index in [-0.39, 0.29) is 34.9 Å². The van der Waals surface area contributed by atoms with E-state index in [4.69, 9.17) is 4.74 Å². The highest BCUT2D eigenvalue weighted by atomic mass is 32.2. The van der Waals surface area contributed by atoms with Crippen molar-refractivity contribution < 1.29 is 22.3 Å². The first-order valence-corrected chi connectivity index (χ1v) is 12.8. The standard InChI is InChI=1S/C23H36FNO4S/c1-17(2)21(16-30(27,28)12-6-4-5-11-25-14-18(3)26)20-9-10-22(24)23(13-20)29-15-19-7-8-19/h9-10,13,17,19,21,25H,4-8,11-12,14-16H2,1-3H3. The number of benzene rings is 1. The highest BCUT2D eigenvalue weighted by Gasteiger charge is 2.26. The Morgan fingerprint density at radius 1 is 1.23 bits per heavy atom. The Morgan fingerprint density at radius 3 is 2.60 bits per heavy atom. The largest absolute Gasteiger partial charge is 0.490 e. The molecule has 1 aliphatic carbocycles. The summed E-state index contributed by atoms with van der Waals surface area (Å²) in [7, 11) is -3.23. The van der Waals surface area contributed by atoms with Crippen LogP contribution in [-0.4, -0.2) is 45.4 Å². The SMILES string of the molecule is CC(=O)CNCCCCCS(=O)(=O)CC(c1ccc(F)c(OCC2CC2)c1)C(C)C. The zero-order chi connectivity index (χ0) is 22.1. The molecule has 5 nitrogen and oxygen atoms in total. The van der Waals surface area contributed by atoms with Gasteiger partial charge in [0, 0.05) is 5.92 Å². The molecule has 0 amide bonds. The van der Waals surface area contributed by atoms with Gasteiger partial charge in [-0.3, -0.25) is 4.79 Å². The number of sulfone groups is 1. The number of hydrogen-bond donors (Lipinski definition) is 1. The van der Waals surface area contributed by atoms with E-state index >= 15 is 0 Å². The molecule has 1 aromatic rings. The number of ketones is 1. The smallest absolute Gasteiger partial charge is 0.165 e. The maximum Gasteiger partial charge on any atom is 0.165 e. The monoisotopic (exact) mass is 441 g/mol. The van der Waals surface area contributed by atoms with Crippen molar-refractivity contribution in [3.05, 3.63) is 29.6 Å². The quantitative estimate of drug-likeness (QED) is 0.415. The Kier molecular flexibility index (Phi) is 9.75. The number of Topliss-reactive ketones (excluding diaryl/α,β-unsaturated/α-hetero) is 1. The lowest BCUT2D eigenvalue weighted by molar-refractivity contribution is -0.116. The second kappa shape index (κ2) is 11.8. The van der Waals surface area contributed by atoms with E-state index in [1.54, 1.807) is 12.1 Å². The Labute approximate surface area is 180 Å². The molecule has 0 aromatic heterocycles. The van der Waals surface area contributed by atoms with Crippen LogP contribution in [0.2, 0.25) is 0 Å². The van der Waals surface area contributed by atoms with Crippen LogP contribution in [0.5, 0.6) is 5.75 Å². The molecule has 2 rings (SSSR count). The van der Waals surface area contributed by atoms with Crippen molar-refractivity contribution in [2.24, 2.45) is 11.8 Å². The molecular weight excluding hydrogens is 405 g/mol. The van der Waals surface area contributed by atoms with E-state index < -0.39 is 15.7 Å². The summed E-state index contributed by atoms with van der Waals surface area (Å²) in [4.78, 5) is 10.9. The lowest BCUT2D eigenvalue weighted by Gasteiger charge is -2.22. The van der Waals surface area contributed by atoms with Crippen LogP contribution in [0.25, 0.3) is 0 Å². The number of halogens is 1. The van der Waals surface area contributed by atoms with Crippen LogP contribution in [-0.2, 0) is 14.6 Å². The minimum absolute atomic E-state index is 0.0565. The molecule has 1 saturated carbocycles. The minimum Gasteiger partial charge on any atom is -0.490 e. The molecule has 1 aromatic carbocycles. The Balaban J connectivity index is 1.89. The van der Waals surface area contributed by atoms with Gasteiger partial charge in [-0.2, -0.15) is 0 Å². The van der Waals surface area contributed by atoms with Gasteiger partial charge in [0.25, 0.3) is 0 Å². The van der Waals surface area contributed by atoms with Gasteiger partial charge >= 0.3 is 0 Å². The lowest BCUT2D eigenvalue weighted by atomic mass is 9.90. The van der Waals surface area contributed by atoms with E-state index in [2.05, 4.69) is 5.32 Å². The molecule has 0 aliphatic heterocycles. The fourth-order valence-electron chi connectivity index (χ4n) is 3.40. The summed E-state index contributed by atoms with van der Waals surface area (Å²) < 4.78 is 45.2. The third-order valence-corrected chi connectivity index (χ3v) is 7.25.